The van der Waals surface area contributed by atoms with E-state index in [0.717, 1.165) is 0 Å². The highest BCUT2D eigenvalue weighted by molar-refractivity contribution is 6.05. The Hall–Kier alpha value is -3.48. The van der Waals surface area contributed by atoms with E-state index in [1.165, 1.54) is 18.2 Å². The number of aromatic nitrogens is 2. The Morgan fingerprint density at radius 1 is 1.08 bits per heavy atom. The van der Waals surface area contributed by atoms with Crippen LogP contribution in [0.3, 0.4) is 0 Å². The highest BCUT2D eigenvalue weighted by Gasteiger charge is 2.16. The van der Waals surface area contributed by atoms with Crippen LogP contribution in [0.1, 0.15) is 20.8 Å². The molecule has 7 heteroatoms. The van der Waals surface area contributed by atoms with E-state index >= 15 is 0 Å². The van der Waals surface area contributed by atoms with Crippen LogP contribution in [0, 0.1) is 0 Å². The van der Waals surface area contributed by atoms with Crippen LogP contribution in [-0.2, 0) is 0 Å². The number of amides is 2. The molecule has 7 nitrogen and oxygen atoms in total. The van der Waals surface area contributed by atoms with E-state index in [0.29, 0.717) is 28.0 Å². The van der Waals surface area contributed by atoms with Crippen LogP contribution < -0.4 is 10.1 Å². The van der Waals surface area contributed by atoms with E-state index in [4.69, 9.17) is 4.74 Å². The maximum absolute atomic E-state index is 12.6. The van der Waals surface area contributed by atoms with E-state index < -0.39 is 5.91 Å². The molecule has 0 aliphatic rings. The highest BCUT2D eigenvalue weighted by atomic mass is 16.5. The van der Waals surface area contributed by atoms with Gasteiger partial charge in [-0.05, 0) is 30.3 Å². The van der Waals surface area contributed by atoms with Gasteiger partial charge in [0.05, 0.1) is 30.0 Å². The van der Waals surface area contributed by atoms with Crippen LogP contribution in [0.4, 0.5) is 5.69 Å². The first-order valence-electron chi connectivity index (χ1n) is 7.92. The third-order valence-electron chi connectivity index (χ3n) is 3.78. The standard InChI is InChI=1S/C19H18N4O3/c1-23(2)19(25)12-8-9-17(26-3)15(10-12)22-18(24)16-11-20-13-6-4-5-7-14(13)21-16/h4-11H,1-3H3,(H,22,24). The zero-order chi connectivity index (χ0) is 18.7. The summed E-state index contributed by atoms with van der Waals surface area (Å²) in [6.45, 7) is 0. The quantitative estimate of drug-likeness (QED) is 0.782. The zero-order valence-electron chi connectivity index (χ0n) is 14.7. The molecule has 0 saturated carbocycles. The Balaban J connectivity index is 1.91. The average molecular weight is 350 g/mol. The lowest BCUT2D eigenvalue weighted by Gasteiger charge is -2.14. The Bertz CT molecular complexity index is 985. The number of methoxy groups -OCH3 is 1. The van der Waals surface area contributed by atoms with E-state index in [9.17, 15) is 9.59 Å². The van der Waals surface area contributed by atoms with Crippen molar-refractivity contribution in [1.29, 1.82) is 0 Å². The van der Waals surface area contributed by atoms with Crippen LogP contribution in [-0.4, -0.2) is 47.9 Å². The lowest BCUT2D eigenvalue weighted by molar-refractivity contribution is 0.0827. The van der Waals surface area contributed by atoms with Gasteiger partial charge < -0.3 is 15.0 Å². The molecule has 0 unspecified atom stereocenters. The lowest BCUT2D eigenvalue weighted by atomic mass is 10.1. The summed E-state index contributed by atoms with van der Waals surface area (Å²) in [4.78, 5) is 34.7. The van der Waals surface area contributed by atoms with Crippen molar-refractivity contribution in [2.75, 3.05) is 26.5 Å². The Labute approximate surface area is 150 Å². The molecule has 3 rings (SSSR count). The summed E-state index contributed by atoms with van der Waals surface area (Å²) >= 11 is 0. The number of para-hydroxylation sites is 2. The molecule has 2 amide bonds. The minimum atomic E-state index is -0.434. The van der Waals surface area contributed by atoms with Crippen LogP contribution in [0.2, 0.25) is 0 Å². The van der Waals surface area contributed by atoms with Gasteiger partial charge in [-0.15, -0.1) is 0 Å². The van der Waals surface area contributed by atoms with Crippen molar-refractivity contribution in [3.05, 3.63) is 59.9 Å². The Morgan fingerprint density at radius 3 is 2.50 bits per heavy atom. The minimum Gasteiger partial charge on any atom is -0.495 e. The van der Waals surface area contributed by atoms with Gasteiger partial charge in [-0.25, -0.2) is 4.98 Å². The third-order valence-corrected chi connectivity index (χ3v) is 3.78. The Morgan fingerprint density at radius 2 is 1.81 bits per heavy atom. The summed E-state index contributed by atoms with van der Waals surface area (Å²) in [5, 5.41) is 2.74. The van der Waals surface area contributed by atoms with Gasteiger partial charge in [0.1, 0.15) is 11.4 Å². The minimum absolute atomic E-state index is 0.173. The summed E-state index contributed by atoms with van der Waals surface area (Å²) in [6, 6.07) is 12.2. The second kappa shape index (κ2) is 7.18. The van der Waals surface area contributed by atoms with E-state index in [1.807, 2.05) is 18.2 Å². The lowest BCUT2D eigenvalue weighted by Crippen LogP contribution is -2.22. The molecule has 26 heavy (non-hydrogen) atoms. The molecule has 0 saturated heterocycles. The maximum atomic E-state index is 12.6. The maximum Gasteiger partial charge on any atom is 0.275 e. The second-order valence-electron chi connectivity index (χ2n) is 5.81. The van der Waals surface area contributed by atoms with Gasteiger partial charge in [0.2, 0.25) is 0 Å². The molecule has 3 aromatic rings. The molecular formula is C19H18N4O3. The average Bonchev–Trinajstić information content (AvgIpc) is 2.66. The predicted octanol–water partition coefficient (Wildman–Crippen LogP) is 2.59. The zero-order valence-corrected chi connectivity index (χ0v) is 14.7. The number of carbonyl (C=O) groups excluding carboxylic acids is 2. The number of ether oxygens (including phenoxy) is 1. The van der Waals surface area contributed by atoms with E-state index in [1.54, 1.807) is 38.4 Å². The molecule has 0 fully saturated rings. The molecule has 132 valence electrons. The Kier molecular flexibility index (Phi) is 4.79. The topological polar surface area (TPSA) is 84.4 Å². The number of nitrogens with zero attached hydrogens (tertiary/aromatic N) is 3. The number of rotatable bonds is 4. The van der Waals surface area contributed by atoms with E-state index in [2.05, 4.69) is 15.3 Å². The molecule has 0 spiro atoms. The number of anilines is 1. The van der Waals surface area contributed by atoms with Crippen molar-refractivity contribution in [3.63, 3.8) is 0 Å². The van der Waals surface area contributed by atoms with Gasteiger partial charge in [0.15, 0.2) is 0 Å². The first-order chi connectivity index (χ1) is 12.5. The molecule has 2 aromatic carbocycles. The highest BCUT2D eigenvalue weighted by Crippen LogP contribution is 2.26. The molecule has 1 aromatic heterocycles. The molecule has 0 radical (unpaired) electrons. The van der Waals surface area contributed by atoms with Gasteiger partial charge in [-0.1, -0.05) is 12.1 Å². The SMILES string of the molecule is COc1ccc(C(=O)N(C)C)cc1NC(=O)c1cnc2ccccc2n1. The first kappa shape index (κ1) is 17.3. The van der Waals surface area contributed by atoms with Gasteiger partial charge in [0, 0.05) is 19.7 Å². The monoisotopic (exact) mass is 350 g/mol. The van der Waals surface area contributed by atoms with Crippen LogP contribution in [0.5, 0.6) is 5.75 Å². The molecule has 0 atom stereocenters. The molecular weight excluding hydrogens is 332 g/mol. The molecule has 1 heterocycles. The number of carbonyl (C=O) groups is 2. The summed E-state index contributed by atoms with van der Waals surface area (Å²) in [7, 11) is 4.82. The number of fused-ring (bicyclic) bond motifs is 1. The largest absolute Gasteiger partial charge is 0.495 e. The fraction of sp³-hybridized carbons (Fsp3) is 0.158. The van der Waals surface area contributed by atoms with Crippen molar-refractivity contribution in [2.24, 2.45) is 0 Å². The van der Waals surface area contributed by atoms with Crippen molar-refractivity contribution in [2.45, 2.75) is 0 Å². The van der Waals surface area contributed by atoms with Gasteiger partial charge >= 0.3 is 0 Å². The summed E-state index contributed by atoms with van der Waals surface area (Å²) in [6.07, 6.45) is 1.42. The van der Waals surface area contributed by atoms with Crippen LogP contribution in [0.25, 0.3) is 11.0 Å². The number of nitrogens with one attached hydrogen (secondary N) is 1. The fourth-order valence-corrected chi connectivity index (χ4v) is 2.45. The number of hydrogen-bond donors (Lipinski definition) is 1. The third kappa shape index (κ3) is 3.46. The molecule has 0 aliphatic heterocycles. The van der Waals surface area contributed by atoms with Crippen molar-refractivity contribution in [1.82, 2.24) is 14.9 Å². The molecule has 1 N–H and O–H groups in total. The summed E-state index contributed by atoms with van der Waals surface area (Å²) in [5.74, 6) is -0.160. The van der Waals surface area contributed by atoms with Gasteiger partial charge in [-0.3, -0.25) is 14.6 Å². The second-order valence-corrected chi connectivity index (χ2v) is 5.81. The first-order valence-corrected chi connectivity index (χ1v) is 7.92. The predicted molar refractivity (Wildman–Crippen MR) is 98.5 cm³/mol. The summed E-state index contributed by atoms with van der Waals surface area (Å²) in [5.41, 5.74) is 2.34. The van der Waals surface area contributed by atoms with Crippen LogP contribution >= 0.6 is 0 Å². The van der Waals surface area contributed by atoms with Crippen molar-refractivity contribution in [3.8, 4) is 5.75 Å². The summed E-state index contributed by atoms with van der Waals surface area (Å²) < 4.78 is 5.27. The van der Waals surface area contributed by atoms with Gasteiger partial charge in [-0.2, -0.15) is 0 Å². The number of hydrogen-bond acceptors (Lipinski definition) is 5. The van der Waals surface area contributed by atoms with E-state index in [-0.39, 0.29) is 11.6 Å². The fourth-order valence-electron chi connectivity index (χ4n) is 2.45. The number of benzene rings is 2. The van der Waals surface area contributed by atoms with Gasteiger partial charge in [0.25, 0.3) is 11.8 Å². The molecule has 0 aliphatic carbocycles. The van der Waals surface area contributed by atoms with Crippen molar-refractivity contribution >= 4 is 28.5 Å². The smallest absolute Gasteiger partial charge is 0.275 e. The molecule has 0 bridgehead atoms. The van der Waals surface area contributed by atoms with Crippen LogP contribution in [0.15, 0.2) is 48.7 Å². The normalized spacial score (nSPS) is 10.4. The van der Waals surface area contributed by atoms with Crippen molar-refractivity contribution < 1.29 is 14.3 Å².